The van der Waals surface area contributed by atoms with Gasteiger partial charge >= 0.3 is 0 Å². The number of rotatable bonds is 5. The monoisotopic (exact) mass is 370 g/mol. The number of aromatic nitrogens is 2. The highest BCUT2D eigenvalue weighted by Gasteiger charge is 2.21. The molecule has 0 bridgehead atoms. The minimum Gasteiger partial charge on any atom is -0.291 e. The van der Waals surface area contributed by atoms with Crippen LogP contribution in [0.1, 0.15) is 68.6 Å². The van der Waals surface area contributed by atoms with E-state index in [2.05, 4.69) is 32.7 Å². The molecule has 5 nitrogen and oxygen atoms in total. The lowest BCUT2D eigenvalue weighted by Gasteiger charge is -2.20. The van der Waals surface area contributed by atoms with Crippen LogP contribution in [0.4, 0.5) is 4.39 Å². The topological polar surface area (TPSA) is 63.1 Å². The third-order valence-corrected chi connectivity index (χ3v) is 4.52. The molecule has 0 N–H and O–H groups in total. The smallest absolute Gasteiger partial charge is 0.282 e. The Bertz CT molecular complexity index is 939. The molecule has 1 aromatic heterocycles. The number of nitrogens with zero attached hydrogens (tertiary/aromatic N) is 4. The fourth-order valence-electron chi connectivity index (χ4n) is 3.06. The van der Waals surface area contributed by atoms with Gasteiger partial charge in [-0.3, -0.25) is 14.2 Å². The number of nitriles is 1. The minimum atomic E-state index is -0.681. The van der Waals surface area contributed by atoms with Gasteiger partial charge in [0.05, 0.1) is 17.2 Å². The molecule has 6 heteroatoms. The zero-order valence-corrected chi connectivity index (χ0v) is 16.7. The first-order valence-electron chi connectivity index (χ1n) is 9.25. The first-order valence-corrected chi connectivity index (χ1v) is 9.25. The van der Waals surface area contributed by atoms with Crippen molar-refractivity contribution in [1.82, 2.24) is 9.36 Å². The minimum absolute atomic E-state index is 0.121. The second-order valence-corrected chi connectivity index (χ2v) is 7.72. The molecule has 0 spiro atoms. The second kappa shape index (κ2) is 8.34. The summed E-state index contributed by atoms with van der Waals surface area (Å²) >= 11 is 0. The van der Waals surface area contributed by atoms with Gasteiger partial charge in [0.2, 0.25) is 0 Å². The number of hydrogen-bond acceptors (Lipinski definition) is 2. The molecule has 0 unspecified atom stereocenters. The van der Waals surface area contributed by atoms with Crippen LogP contribution in [-0.4, -0.2) is 15.3 Å². The van der Waals surface area contributed by atoms with E-state index in [0.29, 0.717) is 5.49 Å². The number of unbranched alkanes of at least 4 members (excludes halogenated alkanes) is 2. The van der Waals surface area contributed by atoms with Gasteiger partial charge in [-0.15, -0.1) is 0 Å². The maximum Gasteiger partial charge on any atom is 0.282 e. The molecule has 1 heterocycles. The molecule has 1 amide bonds. The number of halogens is 1. The molecule has 2 rings (SSSR count). The highest BCUT2D eigenvalue weighted by atomic mass is 19.1. The van der Waals surface area contributed by atoms with Gasteiger partial charge in [-0.1, -0.05) is 40.5 Å². The maximum atomic E-state index is 14.1. The fraction of sp³-hybridized carbons (Fsp3) is 0.476. The van der Waals surface area contributed by atoms with Crippen LogP contribution in [0.15, 0.2) is 29.3 Å². The molecule has 0 aliphatic rings. The van der Waals surface area contributed by atoms with E-state index in [1.54, 1.807) is 0 Å². The van der Waals surface area contributed by atoms with Gasteiger partial charge in [0.15, 0.2) is 5.49 Å². The molecule has 27 heavy (non-hydrogen) atoms. The van der Waals surface area contributed by atoms with Crippen molar-refractivity contribution < 1.29 is 9.18 Å². The Morgan fingerprint density at radius 2 is 1.96 bits per heavy atom. The molecule has 0 aliphatic carbocycles. The predicted molar refractivity (Wildman–Crippen MR) is 103 cm³/mol. The van der Waals surface area contributed by atoms with Crippen LogP contribution < -0.4 is 5.49 Å². The highest BCUT2D eigenvalue weighted by molar-refractivity contribution is 5.95. The molecule has 0 radical (unpaired) electrons. The Kier molecular flexibility index (Phi) is 6.37. The summed E-state index contributed by atoms with van der Waals surface area (Å²) < 4.78 is 18.1. The molecule has 0 aliphatic heterocycles. The van der Waals surface area contributed by atoms with Crippen molar-refractivity contribution >= 4 is 5.91 Å². The van der Waals surface area contributed by atoms with E-state index in [1.807, 2.05) is 28.5 Å². The van der Waals surface area contributed by atoms with Gasteiger partial charge in [-0.25, -0.2) is 4.39 Å². The summed E-state index contributed by atoms with van der Waals surface area (Å²) in [7, 11) is 1.95. The van der Waals surface area contributed by atoms with E-state index in [-0.39, 0.29) is 16.5 Å². The van der Waals surface area contributed by atoms with Gasteiger partial charge in [0.1, 0.15) is 5.82 Å². The van der Waals surface area contributed by atoms with E-state index >= 15 is 0 Å². The number of hydrogen-bond donors (Lipinski definition) is 0. The van der Waals surface area contributed by atoms with Crippen molar-refractivity contribution in [3.05, 3.63) is 52.4 Å². The molecule has 0 fully saturated rings. The van der Waals surface area contributed by atoms with Crippen LogP contribution in [0.2, 0.25) is 0 Å². The zero-order valence-electron chi connectivity index (χ0n) is 16.7. The Balaban J connectivity index is 2.55. The standard InChI is InChI=1S/C21H27FN4O/c1-6-7-8-11-26-19(13-18(25(26)5)21(2,3)4)24-20(27)16-12-15(14-23)9-10-17(16)22/h9-10,12-13H,6-8,11H2,1-5H3. The van der Waals surface area contributed by atoms with E-state index in [9.17, 15) is 9.18 Å². The van der Waals surface area contributed by atoms with Crippen LogP contribution in [0.3, 0.4) is 0 Å². The average molecular weight is 370 g/mol. The second-order valence-electron chi connectivity index (χ2n) is 7.72. The molecule has 0 saturated heterocycles. The summed E-state index contributed by atoms with van der Waals surface area (Å²) in [5.41, 5.74) is 1.47. The summed E-state index contributed by atoms with van der Waals surface area (Å²) in [5.74, 6) is -1.35. The highest BCUT2D eigenvalue weighted by Crippen LogP contribution is 2.20. The van der Waals surface area contributed by atoms with Crippen molar-refractivity contribution in [3.63, 3.8) is 0 Å². The Morgan fingerprint density at radius 3 is 2.56 bits per heavy atom. The summed E-state index contributed by atoms with van der Waals surface area (Å²) in [6.07, 6.45) is 3.14. The van der Waals surface area contributed by atoms with Gasteiger partial charge in [-0.2, -0.15) is 10.3 Å². The Hall–Kier alpha value is -2.68. The SMILES string of the molecule is CCCCCn1c(=NC(=O)c2cc(C#N)ccc2F)cc(C(C)(C)C)n1C. The molecule has 144 valence electrons. The third kappa shape index (κ3) is 4.73. The molecular weight excluding hydrogens is 343 g/mol. The van der Waals surface area contributed by atoms with Crippen LogP contribution in [0, 0.1) is 17.1 Å². The number of amides is 1. The summed E-state index contributed by atoms with van der Waals surface area (Å²) in [4.78, 5) is 16.8. The van der Waals surface area contributed by atoms with Gasteiger partial charge in [-0.05, 0) is 24.6 Å². The van der Waals surface area contributed by atoms with E-state index in [1.165, 1.54) is 12.1 Å². The lowest BCUT2D eigenvalue weighted by atomic mass is 9.92. The summed E-state index contributed by atoms with van der Waals surface area (Å²) in [6, 6.07) is 7.53. The first-order chi connectivity index (χ1) is 12.7. The van der Waals surface area contributed by atoms with Crippen molar-refractivity contribution in [2.45, 2.75) is 58.9 Å². The van der Waals surface area contributed by atoms with Crippen LogP contribution in [-0.2, 0) is 19.0 Å². The third-order valence-electron chi connectivity index (χ3n) is 4.52. The maximum absolute atomic E-state index is 14.1. The van der Waals surface area contributed by atoms with E-state index < -0.39 is 11.7 Å². The number of carbonyl (C=O) groups is 1. The van der Waals surface area contributed by atoms with Gasteiger partial charge in [0.25, 0.3) is 5.91 Å². The van der Waals surface area contributed by atoms with Crippen LogP contribution >= 0.6 is 0 Å². The van der Waals surface area contributed by atoms with Crippen molar-refractivity contribution in [2.75, 3.05) is 0 Å². The van der Waals surface area contributed by atoms with Crippen molar-refractivity contribution in [1.29, 1.82) is 5.26 Å². The predicted octanol–water partition coefficient (Wildman–Crippen LogP) is 4.07. The van der Waals surface area contributed by atoms with E-state index in [0.717, 1.165) is 37.6 Å². The van der Waals surface area contributed by atoms with Crippen molar-refractivity contribution in [3.8, 4) is 6.07 Å². The van der Waals surface area contributed by atoms with Crippen LogP contribution in [0.5, 0.6) is 0 Å². The Labute approximate surface area is 159 Å². The lowest BCUT2D eigenvalue weighted by Crippen LogP contribution is -2.25. The van der Waals surface area contributed by atoms with Gasteiger partial charge < -0.3 is 0 Å². The molecular formula is C21H27FN4O. The molecule has 0 saturated carbocycles. The number of carbonyl (C=O) groups excluding carboxylic acids is 1. The first kappa shape index (κ1) is 20.6. The summed E-state index contributed by atoms with van der Waals surface area (Å²) in [6.45, 7) is 9.16. The Morgan fingerprint density at radius 1 is 1.26 bits per heavy atom. The fourth-order valence-corrected chi connectivity index (χ4v) is 3.06. The summed E-state index contributed by atoms with van der Waals surface area (Å²) in [5, 5.41) is 9.00. The normalized spacial score (nSPS) is 12.3. The quantitative estimate of drug-likeness (QED) is 0.745. The molecule has 2 aromatic rings. The van der Waals surface area contributed by atoms with Crippen molar-refractivity contribution in [2.24, 2.45) is 12.0 Å². The van der Waals surface area contributed by atoms with Crippen LogP contribution in [0.25, 0.3) is 0 Å². The molecule has 0 atom stereocenters. The van der Waals surface area contributed by atoms with E-state index in [4.69, 9.17) is 5.26 Å². The van der Waals surface area contributed by atoms with Gasteiger partial charge in [0, 0.05) is 30.8 Å². The average Bonchev–Trinajstić information content (AvgIpc) is 2.92. The lowest BCUT2D eigenvalue weighted by molar-refractivity contribution is 0.0993. The largest absolute Gasteiger partial charge is 0.291 e. The zero-order chi connectivity index (χ0) is 20.2. The molecule has 1 aromatic carbocycles. The number of benzene rings is 1.